The van der Waals surface area contributed by atoms with Gasteiger partial charge in [0, 0.05) is 21.2 Å². The molecular formula is C14H21BrOS. The molecule has 0 spiro atoms. The topological polar surface area (TPSA) is 20.2 Å². The van der Waals surface area contributed by atoms with E-state index in [2.05, 4.69) is 41.2 Å². The van der Waals surface area contributed by atoms with Crippen molar-refractivity contribution in [2.45, 2.75) is 52.1 Å². The normalized spacial score (nSPS) is 25.8. The van der Waals surface area contributed by atoms with E-state index in [4.69, 9.17) is 0 Å². The Labute approximate surface area is 116 Å². The fourth-order valence-electron chi connectivity index (χ4n) is 3.04. The summed E-state index contributed by atoms with van der Waals surface area (Å²) in [5.74, 6) is 0.456. The summed E-state index contributed by atoms with van der Waals surface area (Å²) in [6.07, 6.45) is 5.66. The zero-order valence-corrected chi connectivity index (χ0v) is 13.0. The van der Waals surface area contributed by atoms with Gasteiger partial charge in [-0.3, -0.25) is 0 Å². The third-order valence-corrected chi connectivity index (χ3v) is 5.81. The van der Waals surface area contributed by atoms with Crippen LogP contribution in [-0.4, -0.2) is 11.2 Å². The minimum absolute atomic E-state index is 0.184. The van der Waals surface area contributed by atoms with E-state index in [0.717, 1.165) is 10.9 Å². The molecule has 1 aromatic rings. The van der Waals surface area contributed by atoms with Crippen LogP contribution >= 0.6 is 27.3 Å². The average Bonchev–Trinajstić information content (AvgIpc) is 2.63. The van der Waals surface area contributed by atoms with Gasteiger partial charge in [-0.15, -0.1) is 11.3 Å². The molecule has 1 aliphatic rings. The smallest absolute Gasteiger partial charge is 0.0621 e. The van der Waals surface area contributed by atoms with Crippen LogP contribution in [0.3, 0.4) is 0 Å². The molecule has 0 amide bonds. The number of halogens is 1. The quantitative estimate of drug-likeness (QED) is 0.862. The highest BCUT2D eigenvalue weighted by Gasteiger charge is 2.36. The Morgan fingerprint density at radius 2 is 2.29 bits per heavy atom. The molecule has 2 unspecified atom stereocenters. The predicted molar refractivity (Wildman–Crippen MR) is 77.5 cm³/mol. The van der Waals surface area contributed by atoms with Gasteiger partial charge >= 0.3 is 0 Å². The minimum atomic E-state index is -0.184. The Bertz CT molecular complexity index is 372. The van der Waals surface area contributed by atoms with Crippen LogP contribution in [-0.2, 0) is 6.42 Å². The molecule has 1 N–H and O–H groups in total. The number of rotatable bonds is 3. The molecule has 1 fully saturated rings. The van der Waals surface area contributed by atoms with Crippen LogP contribution in [0.5, 0.6) is 0 Å². The van der Waals surface area contributed by atoms with Gasteiger partial charge < -0.3 is 5.11 Å². The van der Waals surface area contributed by atoms with Crippen molar-refractivity contribution in [2.75, 3.05) is 0 Å². The Balaban J connectivity index is 2.01. The van der Waals surface area contributed by atoms with E-state index in [0.29, 0.717) is 11.3 Å². The molecule has 0 aromatic carbocycles. The van der Waals surface area contributed by atoms with Crippen LogP contribution in [0.4, 0.5) is 0 Å². The maximum atomic E-state index is 10.5. The minimum Gasteiger partial charge on any atom is -0.392 e. The second kappa shape index (κ2) is 5.41. The van der Waals surface area contributed by atoms with Gasteiger partial charge in [-0.2, -0.15) is 0 Å². The third kappa shape index (κ3) is 3.33. The highest BCUT2D eigenvalue weighted by atomic mass is 79.9. The van der Waals surface area contributed by atoms with E-state index in [1.807, 2.05) is 0 Å². The molecular weight excluding hydrogens is 296 g/mol. The summed E-state index contributed by atoms with van der Waals surface area (Å²) in [7, 11) is 0. The first-order valence-corrected chi connectivity index (χ1v) is 8.07. The molecule has 2 atom stereocenters. The van der Waals surface area contributed by atoms with E-state index >= 15 is 0 Å². The molecule has 96 valence electrons. The van der Waals surface area contributed by atoms with E-state index < -0.39 is 0 Å². The molecule has 1 aromatic heterocycles. The lowest BCUT2D eigenvalue weighted by atomic mass is 9.66. The van der Waals surface area contributed by atoms with E-state index in [9.17, 15) is 5.11 Å². The summed E-state index contributed by atoms with van der Waals surface area (Å²) < 4.78 is 1.13. The first kappa shape index (κ1) is 13.6. The molecule has 0 saturated heterocycles. The van der Waals surface area contributed by atoms with Crippen LogP contribution < -0.4 is 0 Å². The second-order valence-corrected chi connectivity index (χ2v) is 7.76. The van der Waals surface area contributed by atoms with Crippen LogP contribution in [0.25, 0.3) is 0 Å². The lowest BCUT2D eigenvalue weighted by molar-refractivity contribution is 0.00622. The van der Waals surface area contributed by atoms with Crippen LogP contribution in [0, 0.1) is 11.3 Å². The number of hydrogen-bond donors (Lipinski definition) is 1. The molecule has 0 aliphatic heterocycles. The van der Waals surface area contributed by atoms with E-state index in [1.54, 1.807) is 11.3 Å². The molecule has 0 radical (unpaired) electrons. The maximum Gasteiger partial charge on any atom is 0.0621 e. The van der Waals surface area contributed by atoms with E-state index in [-0.39, 0.29) is 6.10 Å². The SMILES string of the molecule is CC1(C)CCCCC1C(O)Cc1cc(Br)cs1. The van der Waals surface area contributed by atoms with Crippen LogP contribution in [0.1, 0.15) is 44.4 Å². The Kier molecular flexibility index (Phi) is 4.32. The molecule has 0 bridgehead atoms. The number of hydrogen-bond acceptors (Lipinski definition) is 2. The summed E-state index contributed by atoms with van der Waals surface area (Å²) in [6.45, 7) is 4.62. The van der Waals surface area contributed by atoms with Crippen molar-refractivity contribution in [3.63, 3.8) is 0 Å². The van der Waals surface area contributed by atoms with Crippen molar-refractivity contribution in [3.8, 4) is 0 Å². The average molecular weight is 317 g/mol. The lowest BCUT2D eigenvalue weighted by Crippen LogP contribution is -2.37. The summed E-state index contributed by atoms with van der Waals surface area (Å²) in [5, 5.41) is 12.6. The lowest BCUT2D eigenvalue weighted by Gasteiger charge is -2.41. The van der Waals surface area contributed by atoms with Crippen molar-refractivity contribution < 1.29 is 5.11 Å². The van der Waals surface area contributed by atoms with Crippen molar-refractivity contribution >= 4 is 27.3 Å². The van der Waals surface area contributed by atoms with Gasteiger partial charge in [0.1, 0.15) is 0 Å². The van der Waals surface area contributed by atoms with Crippen LogP contribution in [0.2, 0.25) is 0 Å². The molecule has 2 rings (SSSR count). The number of aliphatic hydroxyl groups is 1. The molecule has 1 saturated carbocycles. The van der Waals surface area contributed by atoms with Crippen molar-refractivity contribution in [1.82, 2.24) is 0 Å². The number of aliphatic hydroxyl groups excluding tert-OH is 1. The zero-order chi connectivity index (χ0) is 12.5. The molecule has 3 heteroatoms. The van der Waals surface area contributed by atoms with Gasteiger partial charge in [0.05, 0.1) is 6.10 Å². The summed E-state index contributed by atoms with van der Waals surface area (Å²) in [4.78, 5) is 1.28. The predicted octanol–water partition coefficient (Wildman–Crippen LogP) is 4.63. The fourth-order valence-corrected chi connectivity index (χ4v) is 4.55. The van der Waals surface area contributed by atoms with Gasteiger partial charge in [0.15, 0.2) is 0 Å². The fraction of sp³-hybridized carbons (Fsp3) is 0.714. The van der Waals surface area contributed by atoms with Gasteiger partial charge in [0.2, 0.25) is 0 Å². The van der Waals surface area contributed by atoms with Gasteiger partial charge in [-0.25, -0.2) is 0 Å². The van der Waals surface area contributed by atoms with Crippen molar-refractivity contribution in [1.29, 1.82) is 0 Å². The number of thiophene rings is 1. The molecule has 1 aliphatic carbocycles. The van der Waals surface area contributed by atoms with E-state index in [1.165, 1.54) is 30.6 Å². The Morgan fingerprint density at radius 1 is 1.53 bits per heavy atom. The van der Waals surface area contributed by atoms with Crippen LogP contribution in [0.15, 0.2) is 15.9 Å². The summed E-state index contributed by atoms with van der Waals surface area (Å²) in [5.41, 5.74) is 0.298. The van der Waals surface area contributed by atoms with Gasteiger partial charge in [-0.1, -0.05) is 26.7 Å². The largest absolute Gasteiger partial charge is 0.392 e. The summed E-state index contributed by atoms with van der Waals surface area (Å²) in [6, 6.07) is 2.13. The second-order valence-electron chi connectivity index (χ2n) is 5.84. The molecule has 1 nitrogen and oxygen atoms in total. The molecule has 17 heavy (non-hydrogen) atoms. The third-order valence-electron chi connectivity index (χ3n) is 4.09. The van der Waals surface area contributed by atoms with Crippen molar-refractivity contribution in [2.24, 2.45) is 11.3 Å². The Morgan fingerprint density at radius 3 is 2.88 bits per heavy atom. The highest BCUT2D eigenvalue weighted by Crippen LogP contribution is 2.43. The zero-order valence-electron chi connectivity index (χ0n) is 10.6. The van der Waals surface area contributed by atoms with Gasteiger partial charge in [0.25, 0.3) is 0 Å². The molecule has 1 heterocycles. The first-order chi connectivity index (χ1) is 7.99. The Hall–Kier alpha value is 0.140. The summed E-state index contributed by atoms with van der Waals surface area (Å²) >= 11 is 5.20. The monoisotopic (exact) mass is 316 g/mol. The highest BCUT2D eigenvalue weighted by molar-refractivity contribution is 9.10. The van der Waals surface area contributed by atoms with Crippen molar-refractivity contribution in [3.05, 3.63) is 20.8 Å². The first-order valence-electron chi connectivity index (χ1n) is 6.40. The standard InChI is InChI=1S/C14H21BrOS/c1-14(2)6-4-3-5-12(14)13(16)8-11-7-10(15)9-17-11/h7,9,12-13,16H,3-6,8H2,1-2H3. The maximum absolute atomic E-state index is 10.5. The van der Waals surface area contributed by atoms with Gasteiger partial charge in [-0.05, 0) is 46.2 Å².